The van der Waals surface area contributed by atoms with Crippen molar-refractivity contribution in [3.05, 3.63) is 65.2 Å². The van der Waals surface area contributed by atoms with Crippen molar-refractivity contribution in [2.24, 2.45) is 0 Å². The minimum atomic E-state index is -0.690. The van der Waals surface area contributed by atoms with Crippen molar-refractivity contribution in [3.63, 3.8) is 0 Å². The van der Waals surface area contributed by atoms with Crippen LogP contribution in [0.5, 0.6) is 0 Å². The van der Waals surface area contributed by atoms with Gasteiger partial charge in [0.15, 0.2) is 11.6 Å². The van der Waals surface area contributed by atoms with Crippen LogP contribution in [0, 0.1) is 0 Å². The van der Waals surface area contributed by atoms with E-state index in [0.29, 0.717) is 41.4 Å². The first-order valence-corrected chi connectivity index (χ1v) is 14.2. The van der Waals surface area contributed by atoms with Crippen LogP contribution in [0.3, 0.4) is 0 Å². The van der Waals surface area contributed by atoms with E-state index in [0.717, 1.165) is 24.8 Å². The summed E-state index contributed by atoms with van der Waals surface area (Å²) in [5, 5.41) is 2.81. The van der Waals surface area contributed by atoms with Gasteiger partial charge in [-0.15, -0.1) is 0 Å². The van der Waals surface area contributed by atoms with Gasteiger partial charge in [-0.25, -0.2) is 19.4 Å². The van der Waals surface area contributed by atoms with Gasteiger partial charge in [-0.2, -0.15) is 0 Å². The van der Waals surface area contributed by atoms with Gasteiger partial charge in [0.1, 0.15) is 22.8 Å². The summed E-state index contributed by atoms with van der Waals surface area (Å²) in [7, 11) is 0. The Morgan fingerprint density at radius 1 is 1.05 bits per heavy atom. The molecule has 1 aliphatic rings. The maximum absolute atomic E-state index is 13.2. The fourth-order valence-electron chi connectivity index (χ4n) is 4.93. The topological polar surface area (TPSA) is 136 Å². The molecule has 4 rings (SSSR count). The lowest BCUT2D eigenvalue weighted by Crippen LogP contribution is -2.43. The van der Waals surface area contributed by atoms with Crippen molar-refractivity contribution < 1.29 is 23.9 Å². The van der Waals surface area contributed by atoms with Gasteiger partial charge < -0.3 is 10.1 Å². The molecule has 0 bridgehead atoms. The summed E-state index contributed by atoms with van der Waals surface area (Å²) < 4.78 is 7.05. The molecule has 3 amide bonds. The number of likely N-dealkylation sites (tertiary alicyclic amines) is 1. The number of amides is 3. The third-order valence-electron chi connectivity index (χ3n) is 6.83. The second kappa shape index (κ2) is 12.5. The fraction of sp³-hybridized carbons (Fsp3) is 0.419. The van der Waals surface area contributed by atoms with E-state index < -0.39 is 23.6 Å². The molecule has 1 saturated heterocycles. The molecule has 0 spiro atoms. The van der Waals surface area contributed by atoms with Gasteiger partial charge in [-0.05, 0) is 76.3 Å². The number of imidazole rings is 1. The zero-order chi connectivity index (χ0) is 30.6. The van der Waals surface area contributed by atoms with Gasteiger partial charge in [0.05, 0.1) is 6.04 Å². The number of anilines is 1. The normalized spacial score (nSPS) is 15.2. The van der Waals surface area contributed by atoms with Gasteiger partial charge in [-0.3, -0.25) is 24.7 Å². The number of hydrogen-bond donors (Lipinski definition) is 2. The van der Waals surface area contributed by atoms with Crippen LogP contribution < -0.4 is 10.7 Å². The first-order valence-electron chi connectivity index (χ1n) is 14.2. The highest BCUT2D eigenvalue weighted by atomic mass is 16.6. The van der Waals surface area contributed by atoms with E-state index in [1.54, 1.807) is 56.1 Å². The first-order chi connectivity index (χ1) is 19.9. The molecule has 1 fully saturated rings. The van der Waals surface area contributed by atoms with Gasteiger partial charge in [0.2, 0.25) is 5.91 Å². The Morgan fingerprint density at radius 2 is 1.76 bits per heavy atom. The number of Topliss-reactive ketones (excluding diaryl/α,β-unsaturated/α-hetero) is 1. The van der Waals surface area contributed by atoms with Crippen molar-refractivity contribution in [1.29, 1.82) is 0 Å². The summed E-state index contributed by atoms with van der Waals surface area (Å²) in [6.07, 6.45) is 4.21. The molecule has 42 heavy (non-hydrogen) atoms. The van der Waals surface area contributed by atoms with E-state index in [9.17, 15) is 19.2 Å². The summed E-state index contributed by atoms with van der Waals surface area (Å²) in [4.78, 5) is 62.0. The van der Waals surface area contributed by atoms with Crippen LogP contribution in [0.4, 0.5) is 10.6 Å². The monoisotopic (exact) mass is 574 g/mol. The minimum absolute atomic E-state index is 0.174. The van der Waals surface area contributed by atoms with Crippen LogP contribution in [-0.2, 0) is 16.0 Å². The number of carbonyl (C=O) groups is 4. The highest BCUT2D eigenvalue weighted by molar-refractivity contribution is 6.04. The van der Waals surface area contributed by atoms with Gasteiger partial charge in [0, 0.05) is 37.7 Å². The maximum Gasteiger partial charge on any atom is 0.410 e. The van der Waals surface area contributed by atoms with Gasteiger partial charge in [0.25, 0.3) is 5.91 Å². The molecule has 2 N–H and O–H groups in total. The summed E-state index contributed by atoms with van der Waals surface area (Å²) in [6.45, 7) is 10.6. The van der Waals surface area contributed by atoms with E-state index in [1.165, 1.54) is 18.5 Å². The van der Waals surface area contributed by atoms with E-state index >= 15 is 0 Å². The number of carbonyl (C=O) groups excluding carboxylic acids is 4. The van der Waals surface area contributed by atoms with E-state index in [-0.39, 0.29) is 17.4 Å². The number of ether oxygens (including phenoxy) is 1. The van der Waals surface area contributed by atoms with Crippen molar-refractivity contribution in [1.82, 2.24) is 19.5 Å². The quantitative estimate of drug-likeness (QED) is 0.355. The molecule has 3 heterocycles. The van der Waals surface area contributed by atoms with Crippen LogP contribution in [0.2, 0.25) is 0 Å². The van der Waals surface area contributed by atoms with Crippen LogP contribution in [0.15, 0.2) is 42.6 Å². The highest BCUT2D eigenvalue weighted by Crippen LogP contribution is 2.35. The maximum atomic E-state index is 13.2. The largest absolute Gasteiger partial charge is 0.444 e. The summed E-state index contributed by atoms with van der Waals surface area (Å²) in [5.41, 5.74) is 4.58. The Kier molecular flexibility index (Phi) is 9.08. The number of hydrogen-bond acceptors (Lipinski definition) is 7. The minimum Gasteiger partial charge on any atom is -0.444 e. The molecule has 2 aromatic heterocycles. The Hall–Kier alpha value is -4.54. The molecule has 11 heteroatoms. The molecule has 1 aliphatic heterocycles. The average Bonchev–Trinajstić information content (AvgIpc) is 3.30. The van der Waals surface area contributed by atoms with Gasteiger partial charge >= 0.3 is 6.09 Å². The molecule has 0 saturated carbocycles. The molecule has 0 aliphatic carbocycles. The van der Waals surface area contributed by atoms with Crippen molar-refractivity contribution in [2.75, 3.05) is 17.3 Å². The Morgan fingerprint density at radius 3 is 2.38 bits per heavy atom. The zero-order valence-corrected chi connectivity index (χ0v) is 25.0. The molecule has 0 unspecified atom stereocenters. The molecular weight excluding hydrogens is 536 g/mol. The van der Waals surface area contributed by atoms with Crippen molar-refractivity contribution in [2.45, 2.75) is 78.9 Å². The van der Waals surface area contributed by atoms with Crippen LogP contribution in [0.1, 0.15) is 99.1 Å². The third-order valence-corrected chi connectivity index (χ3v) is 6.83. The summed E-state index contributed by atoms with van der Waals surface area (Å²) >= 11 is 0. The standard InChI is InChI=1S/C31H38N6O5/c1-7-21-15-16-32-25(18-21)33-29(40)23-13-11-22(12-14-23)26-27(19(2)38)37(35-20(3)39)28(34-26)24-10-8-9-17-36(24)30(41)42-31(4,5)6/h11-16,18,24H,7-10,17H2,1-6H3,(H,35,39)(H,32,33,40)/t24-/m0/s1. The number of nitrogens with zero attached hydrogens (tertiary/aromatic N) is 4. The fourth-order valence-corrected chi connectivity index (χ4v) is 4.93. The molecule has 11 nitrogen and oxygen atoms in total. The van der Waals surface area contributed by atoms with E-state index in [1.807, 2.05) is 19.1 Å². The summed E-state index contributed by atoms with van der Waals surface area (Å²) in [6, 6.07) is 9.89. The Bertz CT molecular complexity index is 1490. The molecule has 3 aromatic rings. The van der Waals surface area contributed by atoms with Gasteiger partial charge in [-0.1, -0.05) is 19.1 Å². The molecule has 1 aromatic carbocycles. The number of aryl methyl sites for hydroxylation is 1. The Balaban J connectivity index is 1.71. The van der Waals surface area contributed by atoms with Crippen LogP contribution >= 0.6 is 0 Å². The number of piperidine rings is 1. The van der Waals surface area contributed by atoms with E-state index in [4.69, 9.17) is 9.72 Å². The number of aromatic nitrogens is 3. The number of ketones is 1. The second-order valence-corrected chi connectivity index (χ2v) is 11.3. The molecule has 1 atom stereocenters. The number of pyridine rings is 1. The number of rotatable bonds is 7. The van der Waals surface area contributed by atoms with Crippen LogP contribution in [-0.4, -0.2) is 55.4 Å². The third kappa shape index (κ3) is 7.02. The average molecular weight is 575 g/mol. The molecule has 0 radical (unpaired) electrons. The predicted molar refractivity (Wildman–Crippen MR) is 159 cm³/mol. The predicted octanol–water partition coefficient (Wildman–Crippen LogP) is 5.51. The lowest BCUT2D eigenvalue weighted by atomic mass is 10.0. The number of nitrogens with one attached hydrogen (secondary N) is 2. The van der Waals surface area contributed by atoms with E-state index in [2.05, 4.69) is 15.7 Å². The van der Waals surface area contributed by atoms with Crippen molar-refractivity contribution in [3.8, 4) is 11.3 Å². The molecular formula is C31H38N6O5. The smallest absolute Gasteiger partial charge is 0.410 e. The lowest BCUT2D eigenvalue weighted by Gasteiger charge is -2.36. The number of benzene rings is 1. The first kappa shape index (κ1) is 30.4. The lowest BCUT2D eigenvalue weighted by molar-refractivity contribution is -0.115. The highest BCUT2D eigenvalue weighted by Gasteiger charge is 2.36. The SMILES string of the molecule is CCc1ccnc(NC(=O)c2ccc(-c3nc([C@@H]4CCCCN4C(=O)OC(C)(C)C)n(NC(C)=O)c3C(C)=O)cc2)c1. The Labute approximate surface area is 245 Å². The molecule has 222 valence electrons. The summed E-state index contributed by atoms with van der Waals surface area (Å²) in [5.74, 6) is -0.215. The second-order valence-electron chi connectivity index (χ2n) is 11.3. The van der Waals surface area contributed by atoms with Crippen molar-refractivity contribution >= 4 is 29.5 Å². The zero-order valence-electron chi connectivity index (χ0n) is 25.0. The van der Waals surface area contributed by atoms with Crippen LogP contribution in [0.25, 0.3) is 11.3 Å².